The van der Waals surface area contributed by atoms with Crippen molar-refractivity contribution in [2.24, 2.45) is 0 Å². The van der Waals surface area contributed by atoms with E-state index in [9.17, 15) is 9.90 Å². The molecule has 1 fully saturated rings. The van der Waals surface area contributed by atoms with Crippen LogP contribution in [0.15, 0.2) is 35.2 Å². The average Bonchev–Trinajstić information content (AvgIpc) is 2.48. The first-order valence-electron chi connectivity index (χ1n) is 7.73. The molecule has 0 aromatic heterocycles. The third-order valence-electron chi connectivity index (χ3n) is 4.51. The third-order valence-corrected chi connectivity index (χ3v) is 5.51. The molecule has 0 aliphatic heterocycles. The molecule has 1 aromatic carbocycles. The molecule has 0 bridgehead atoms. The zero-order chi connectivity index (χ0) is 15.1. The molecule has 0 spiro atoms. The second kappa shape index (κ2) is 7.85. The molecule has 1 N–H and O–H groups in total. The Labute approximate surface area is 131 Å². The van der Waals surface area contributed by atoms with E-state index in [0.717, 1.165) is 38.0 Å². The van der Waals surface area contributed by atoms with Crippen LogP contribution in [0.25, 0.3) is 0 Å². The lowest BCUT2D eigenvalue weighted by Gasteiger charge is -2.44. The van der Waals surface area contributed by atoms with Crippen LogP contribution in [0.2, 0.25) is 0 Å². The van der Waals surface area contributed by atoms with Gasteiger partial charge in [0.25, 0.3) is 0 Å². The second-order valence-corrected chi connectivity index (χ2v) is 7.11. The molecule has 2 rings (SSSR count). The van der Waals surface area contributed by atoms with Gasteiger partial charge in [0, 0.05) is 22.7 Å². The molecule has 3 nitrogen and oxygen atoms in total. The predicted molar refractivity (Wildman–Crippen MR) is 87.9 cm³/mol. The average molecular weight is 307 g/mol. The molecule has 1 aliphatic carbocycles. The van der Waals surface area contributed by atoms with Crippen LogP contribution in [0.3, 0.4) is 0 Å². The molecule has 0 atom stereocenters. The standard InChI is InChI=1S/C17H25NO2S/c1-18(12-13-21-15-8-4-2-5-9-15)17(14-16(19)20)10-6-3-7-11-17/h2,4-5,8-9H,3,6-7,10-14H2,1H3,(H,19,20). The van der Waals surface area contributed by atoms with Crippen molar-refractivity contribution >= 4 is 17.7 Å². The first-order valence-corrected chi connectivity index (χ1v) is 8.72. The largest absolute Gasteiger partial charge is 0.481 e. The molecule has 1 saturated carbocycles. The van der Waals surface area contributed by atoms with E-state index in [4.69, 9.17) is 0 Å². The summed E-state index contributed by atoms with van der Waals surface area (Å²) in [5.74, 6) is 0.335. The van der Waals surface area contributed by atoms with Gasteiger partial charge in [-0.05, 0) is 32.0 Å². The minimum absolute atomic E-state index is 0.124. The van der Waals surface area contributed by atoms with Crippen LogP contribution in [0, 0.1) is 0 Å². The zero-order valence-corrected chi connectivity index (χ0v) is 13.6. The van der Waals surface area contributed by atoms with Crippen LogP contribution in [0.5, 0.6) is 0 Å². The highest BCUT2D eigenvalue weighted by Crippen LogP contribution is 2.36. The molecule has 0 heterocycles. The number of carbonyl (C=O) groups is 1. The maximum absolute atomic E-state index is 11.2. The number of rotatable bonds is 7. The molecule has 0 radical (unpaired) electrons. The van der Waals surface area contributed by atoms with Crippen molar-refractivity contribution in [1.82, 2.24) is 4.90 Å². The zero-order valence-electron chi connectivity index (χ0n) is 12.8. The summed E-state index contributed by atoms with van der Waals surface area (Å²) in [4.78, 5) is 14.8. The predicted octanol–water partition coefficient (Wildman–Crippen LogP) is 3.89. The Morgan fingerprint density at radius 2 is 1.90 bits per heavy atom. The fourth-order valence-electron chi connectivity index (χ4n) is 3.24. The van der Waals surface area contributed by atoms with Crippen molar-refractivity contribution in [1.29, 1.82) is 0 Å². The van der Waals surface area contributed by atoms with E-state index in [1.54, 1.807) is 0 Å². The van der Waals surface area contributed by atoms with Crippen molar-refractivity contribution < 1.29 is 9.90 Å². The second-order valence-electron chi connectivity index (χ2n) is 5.94. The highest BCUT2D eigenvalue weighted by atomic mass is 32.2. The van der Waals surface area contributed by atoms with E-state index < -0.39 is 5.97 Å². The number of carboxylic acid groups (broad SMARTS) is 1. The first kappa shape index (κ1) is 16.4. The Morgan fingerprint density at radius 1 is 1.24 bits per heavy atom. The fraction of sp³-hybridized carbons (Fsp3) is 0.588. The number of benzene rings is 1. The lowest BCUT2D eigenvalue weighted by atomic mass is 9.78. The van der Waals surface area contributed by atoms with Gasteiger partial charge in [-0.3, -0.25) is 9.69 Å². The molecule has 0 saturated heterocycles. The van der Waals surface area contributed by atoms with Gasteiger partial charge in [0.05, 0.1) is 6.42 Å². The van der Waals surface area contributed by atoms with Gasteiger partial charge in [-0.25, -0.2) is 0 Å². The molecule has 0 amide bonds. The van der Waals surface area contributed by atoms with Gasteiger partial charge in [-0.2, -0.15) is 0 Å². The lowest BCUT2D eigenvalue weighted by molar-refractivity contribution is -0.141. The first-order chi connectivity index (χ1) is 10.1. The molecular formula is C17H25NO2S. The molecule has 1 aromatic rings. The van der Waals surface area contributed by atoms with E-state index in [2.05, 4.69) is 36.2 Å². The summed E-state index contributed by atoms with van der Waals surface area (Å²) in [7, 11) is 2.10. The maximum Gasteiger partial charge on any atom is 0.305 e. The molecular weight excluding hydrogens is 282 g/mol. The number of hydrogen-bond donors (Lipinski definition) is 1. The van der Waals surface area contributed by atoms with Crippen LogP contribution in [-0.2, 0) is 4.79 Å². The summed E-state index contributed by atoms with van der Waals surface area (Å²) in [5, 5.41) is 9.25. The Hall–Kier alpha value is -1.00. The SMILES string of the molecule is CN(CCSc1ccccc1)C1(CC(=O)O)CCCCC1. The molecule has 0 unspecified atom stereocenters. The highest BCUT2D eigenvalue weighted by molar-refractivity contribution is 7.99. The summed E-state index contributed by atoms with van der Waals surface area (Å²) in [6, 6.07) is 10.4. The smallest absolute Gasteiger partial charge is 0.305 e. The summed E-state index contributed by atoms with van der Waals surface area (Å²) in [6.07, 6.45) is 5.87. The lowest BCUT2D eigenvalue weighted by Crippen LogP contribution is -2.50. The van der Waals surface area contributed by atoms with Crippen LogP contribution in [0.1, 0.15) is 38.5 Å². The maximum atomic E-state index is 11.2. The number of carboxylic acids is 1. The molecule has 21 heavy (non-hydrogen) atoms. The Kier molecular flexibility index (Phi) is 6.12. The highest BCUT2D eigenvalue weighted by Gasteiger charge is 2.37. The third kappa shape index (κ3) is 4.75. The Bertz CT molecular complexity index is 443. The number of aliphatic carboxylic acids is 1. The number of nitrogens with zero attached hydrogens (tertiary/aromatic N) is 1. The van der Waals surface area contributed by atoms with Gasteiger partial charge >= 0.3 is 5.97 Å². The van der Waals surface area contributed by atoms with E-state index >= 15 is 0 Å². The van der Waals surface area contributed by atoms with Crippen LogP contribution in [0.4, 0.5) is 0 Å². The topological polar surface area (TPSA) is 40.5 Å². The van der Waals surface area contributed by atoms with E-state index in [0.29, 0.717) is 0 Å². The van der Waals surface area contributed by atoms with Crippen LogP contribution >= 0.6 is 11.8 Å². The van der Waals surface area contributed by atoms with Crippen LogP contribution < -0.4 is 0 Å². The van der Waals surface area contributed by atoms with Crippen molar-refractivity contribution in [2.75, 3.05) is 19.3 Å². The molecule has 116 valence electrons. The van der Waals surface area contributed by atoms with Gasteiger partial charge in [0.15, 0.2) is 0 Å². The minimum atomic E-state index is -0.667. The number of hydrogen-bond acceptors (Lipinski definition) is 3. The normalized spacial score (nSPS) is 17.8. The Morgan fingerprint density at radius 3 is 2.52 bits per heavy atom. The van der Waals surface area contributed by atoms with E-state index in [-0.39, 0.29) is 12.0 Å². The summed E-state index contributed by atoms with van der Waals surface area (Å²) < 4.78 is 0. The van der Waals surface area contributed by atoms with Crippen LogP contribution in [-0.4, -0.2) is 40.9 Å². The van der Waals surface area contributed by atoms with Gasteiger partial charge in [0.1, 0.15) is 0 Å². The van der Waals surface area contributed by atoms with Crippen molar-refractivity contribution in [2.45, 2.75) is 49.0 Å². The minimum Gasteiger partial charge on any atom is -0.481 e. The van der Waals surface area contributed by atoms with E-state index in [1.165, 1.54) is 11.3 Å². The van der Waals surface area contributed by atoms with Gasteiger partial charge < -0.3 is 5.11 Å². The monoisotopic (exact) mass is 307 g/mol. The van der Waals surface area contributed by atoms with Crippen molar-refractivity contribution in [3.8, 4) is 0 Å². The molecule has 4 heteroatoms. The quantitative estimate of drug-likeness (QED) is 0.776. The number of thioether (sulfide) groups is 1. The fourth-order valence-corrected chi connectivity index (χ4v) is 4.19. The van der Waals surface area contributed by atoms with Gasteiger partial charge in [-0.1, -0.05) is 37.5 Å². The Balaban J connectivity index is 1.89. The van der Waals surface area contributed by atoms with Gasteiger partial charge in [0.2, 0.25) is 0 Å². The van der Waals surface area contributed by atoms with Gasteiger partial charge in [-0.15, -0.1) is 11.8 Å². The molecule has 1 aliphatic rings. The summed E-state index contributed by atoms with van der Waals surface area (Å²) >= 11 is 1.84. The summed E-state index contributed by atoms with van der Waals surface area (Å²) in [6.45, 7) is 0.937. The summed E-state index contributed by atoms with van der Waals surface area (Å²) in [5.41, 5.74) is -0.124. The van der Waals surface area contributed by atoms with Crippen molar-refractivity contribution in [3.63, 3.8) is 0 Å². The van der Waals surface area contributed by atoms with E-state index in [1.807, 2.05) is 17.8 Å². The van der Waals surface area contributed by atoms with Crippen molar-refractivity contribution in [3.05, 3.63) is 30.3 Å².